The lowest BCUT2D eigenvalue weighted by Gasteiger charge is -2.25. The lowest BCUT2D eigenvalue weighted by atomic mass is 9.85. The average Bonchev–Trinajstić information content (AvgIpc) is 2.38. The molecule has 1 heterocycles. The van der Waals surface area contributed by atoms with E-state index in [1.807, 2.05) is 6.07 Å². The third-order valence-corrected chi connectivity index (χ3v) is 2.95. The smallest absolute Gasteiger partial charge is 0.131 e. The Morgan fingerprint density at radius 3 is 2.56 bits per heavy atom. The summed E-state index contributed by atoms with van der Waals surface area (Å²) >= 11 is 0. The highest BCUT2D eigenvalue weighted by molar-refractivity contribution is 5.44. The monoisotopic (exact) mass is 242 g/mol. The van der Waals surface area contributed by atoms with Crippen molar-refractivity contribution in [1.82, 2.24) is 9.97 Å². The molecule has 94 valence electrons. The number of benzene rings is 1. The van der Waals surface area contributed by atoms with Crippen LogP contribution in [-0.4, -0.2) is 16.5 Å². The first-order valence-corrected chi connectivity index (χ1v) is 5.95. The van der Waals surface area contributed by atoms with Crippen LogP contribution in [0.15, 0.2) is 42.7 Å². The topological polar surface area (TPSA) is 63.8 Å². The number of rotatable bonds is 4. The number of hydrogen-bond acceptors (Lipinski definition) is 4. The Hall–Kier alpha value is -2.10. The van der Waals surface area contributed by atoms with Crippen molar-refractivity contribution >= 4 is 11.6 Å². The Balaban J connectivity index is 2.05. The molecule has 0 radical (unpaired) electrons. The molecule has 2 rings (SSSR count). The van der Waals surface area contributed by atoms with E-state index in [4.69, 9.17) is 5.73 Å². The molecule has 0 saturated carbocycles. The van der Waals surface area contributed by atoms with Crippen molar-refractivity contribution < 1.29 is 0 Å². The quantitative estimate of drug-likeness (QED) is 0.864. The number of aromatic nitrogens is 2. The Kier molecular flexibility index (Phi) is 3.46. The zero-order chi connectivity index (χ0) is 13.0. The molecule has 0 atom stereocenters. The van der Waals surface area contributed by atoms with Crippen LogP contribution in [0.1, 0.15) is 19.4 Å². The van der Waals surface area contributed by atoms with Crippen LogP contribution in [0.4, 0.5) is 11.6 Å². The summed E-state index contributed by atoms with van der Waals surface area (Å²) in [6.45, 7) is 5.17. The van der Waals surface area contributed by atoms with Crippen molar-refractivity contribution in [3.8, 4) is 0 Å². The molecule has 0 aliphatic rings. The van der Waals surface area contributed by atoms with Crippen molar-refractivity contribution in [3.63, 3.8) is 0 Å². The molecule has 0 aliphatic heterocycles. The zero-order valence-electron chi connectivity index (χ0n) is 10.7. The second kappa shape index (κ2) is 5.04. The van der Waals surface area contributed by atoms with Crippen LogP contribution in [0.5, 0.6) is 0 Å². The SMILES string of the molecule is CC(C)(CNc1cc(N)ncn1)c1ccccc1. The van der Waals surface area contributed by atoms with Gasteiger partial charge in [-0.25, -0.2) is 9.97 Å². The Labute approximate surface area is 107 Å². The summed E-state index contributed by atoms with van der Waals surface area (Å²) in [5.41, 5.74) is 6.94. The molecule has 1 aromatic heterocycles. The molecule has 0 fully saturated rings. The highest BCUT2D eigenvalue weighted by Gasteiger charge is 2.19. The van der Waals surface area contributed by atoms with Crippen molar-refractivity contribution in [3.05, 3.63) is 48.3 Å². The molecule has 18 heavy (non-hydrogen) atoms. The fraction of sp³-hybridized carbons (Fsp3) is 0.286. The maximum atomic E-state index is 5.62. The molecule has 0 bridgehead atoms. The van der Waals surface area contributed by atoms with E-state index in [-0.39, 0.29) is 5.41 Å². The van der Waals surface area contributed by atoms with E-state index in [1.54, 1.807) is 6.07 Å². The van der Waals surface area contributed by atoms with Gasteiger partial charge in [0, 0.05) is 18.0 Å². The van der Waals surface area contributed by atoms with Gasteiger partial charge >= 0.3 is 0 Å². The summed E-state index contributed by atoms with van der Waals surface area (Å²) in [7, 11) is 0. The van der Waals surface area contributed by atoms with Gasteiger partial charge in [-0.3, -0.25) is 0 Å². The van der Waals surface area contributed by atoms with Crippen LogP contribution in [0.2, 0.25) is 0 Å². The van der Waals surface area contributed by atoms with Crippen LogP contribution in [0, 0.1) is 0 Å². The molecule has 0 aliphatic carbocycles. The molecule has 4 heteroatoms. The highest BCUT2D eigenvalue weighted by atomic mass is 15.0. The normalized spacial score (nSPS) is 11.2. The Morgan fingerprint density at radius 1 is 1.17 bits per heavy atom. The molecule has 2 aromatic rings. The predicted molar refractivity (Wildman–Crippen MR) is 74.4 cm³/mol. The molecular formula is C14H18N4. The molecule has 4 nitrogen and oxygen atoms in total. The van der Waals surface area contributed by atoms with Gasteiger partial charge in [-0.1, -0.05) is 44.2 Å². The third-order valence-electron chi connectivity index (χ3n) is 2.95. The fourth-order valence-corrected chi connectivity index (χ4v) is 1.77. The minimum Gasteiger partial charge on any atom is -0.384 e. The highest BCUT2D eigenvalue weighted by Crippen LogP contribution is 2.23. The summed E-state index contributed by atoms with van der Waals surface area (Å²) in [6, 6.07) is 12.1. The van der Waals surface area contributed by atoms with Gasteiger partial charge in [0.15, 0.2) is 0 Å². The predicted octanol–water partition coefficient (Wildman–Crippen LogP) is 2.45. The van der Waals surface area contributed by atoms with E-state index in [2.05, 4.69) is 53.4 Å². The fourth-order valence-electron chi connectivity index (χ4n) is 1.77. The van der Waals surface area contributed by atoms with Crippen molar-refractivity contribution in [2.45, 2.75) is 19.3 Å². The average molecular weight is 242 g/mol. The lowest BCUT2D eigenvalue weighted by molar-refractivity contribution is 0.556. The van der Waals surface area contributed by atoms with Gasteiger partial charge in [0.25, 0.3) is 0 Å². The van der Waals surface area contributed by atoms with E-state index in [1.165, 1.54) is 11.9 Å². The van der Waals surface area contributed by atoms with Crippen molar-refractivity contribution in [2.24, 2.45) is 0 Å². The number of nitrogen functional groups attached to an aromatic ring is 1. The van der Waals surface area contributed by atoms with Gasteiger partial charge in [0.05, 0.1) is 0 Å². The summed E-state index contributed by atoms with van der Waals surface area (Å²) in [4.78, 5) is 8.00. The summed E-state index contributed by atoms with van der Waals surface area (Å²) in [6.07, 6.45) is 1.47. The summed E-state index contributed by atoms with van der Waals surface area (Å²) in [5.74, 6) is 1.23. The van der Waals surface area contributed by atoms with Crippen molar-refractivity contribution in [1.29, 1.82) is 0 Å². The van der Waals surface area contributed by atoms with E-state index in [9.17, 15) is 0 Å². The second-order valence-corrected chi connectivity index (χ2v) is 4.93. The minimum absolute atomic E-state index is 0.0287. The lowest BCUT2D eigenvalue weighted by Crippen LogP contribution is -2.27. The van der Waals surface area contributed by atoms with Gasteiger partial charge in [-0.15, -0.1) is 0 Å². The van der Waals surface area contributed by atoms with Crippen LogP contribution in [0.25, 0.3) is 0 Å². The molecule has 1 aromatic carbocycles. The van der Waals surface area contributed by atoms with E-state index in [0.29, 0.717) is 5.82 Å². The summed E-state index contributed by atoms with van der Waals surface area (Å²) < 4.78 is 0. The molecule has 0 unspecified atom stereocenters. The Bertz CT molecular complexity index is 508. The van der Waals surface area contributed by atoms with E-state index >= 15 is 0 Å². The van der Waals surface area contributed by atoms with Crippen LogP contribution in [-0.2, 0) is 5.41 Å². The first kappa shape index (κ1) is 12.4. The summed E-state index contributed by atoms with van der Waals surface area (Å²) in [5, 5.41) is 3.29. The molecule has 0 saturated heterocycles. The number of nitrogens with zero attached hydrogens (tertiary/aromatic N) is 2. The molecule has 3 N–H and O–H groups in total. The first-order valence-electron chi connectivity index (χ1n) is 5.95. The number of anilines is 2. The second-order valence-electron chi connectivity index (χ2n) is 4.93. The van der Waals surface area contributed by atoms with Crippen LogP contribution in [0.3, 0.4) is 0 Å². The minimum atomic E-state index is 0.0287. The zero-order valence-corrected chi connectivity index (χ0v) is 10.7. The molecule has 0 amide bonds. The van der Waals surface area contributed by atoms with Crippen molar-refractivity contribution in [2.75, 3.05) is 17.6 Å². The molecule has 0 spiro atoms. The van der Waals surface area contributed by atoms with Gasteiger partial charge in [-0.05, 0) is 5.56 Å². The maximum Gasteiger partial charge on any atom is 0.131 e. The maximum absolute atomic E-state index is 5.62. The Morgan fingerprint density at radius 2 is 1.89 bits per heavy atom. The molecular weight excluding hydrogens is 224 g/mol. The number of hydrogen-bond donors (Lipinski definition) is 2. The first-order chi connectivity index (χ1) is 8.58. The standard InChI is InChI=1S/C14H18N4/c1-14(2,11-6-4-3-5-7-11)9-16-13-8-12(15)17-10-18-13/h3-8,10H,9H2,1-2H3,(H3,15,16,17,18). The largest absolute Gasteiger partial charge is 0.384 e. The van der Waals surface area contributed by atoms with Gasteiger partial charge in [0.1, 0.15) is 18.0 Å². The van der Waals surface area contributed by atoms with Gasteiger partial charge in [-0.2, -0.15) is 0 Å². The number of nitrogens with two attached hydrogens (primary N) is 1. The van der Waals surface area contributed by atoms with E-state index in [0.717, 1.165) is 12.4 Å². The van der Waals surface area contributed by atoms with Crippen LogP contribution < -0.4 is 11.1 Å². The van der Waals surface area contributed by atoms with E-state index < -0.39 is 0 Å². The van der Waals surface area contributed by atoms with Gasteiger partial charge < -0.3 is 11.1 Å². The third kappa shape index (κ3) is 2.97. The van der Waals surface area contributed by atoms with Gasteiger partial charge in [0.2, 0.25) is 0 Å². The number of nitrogens with one attached hydrogen (secondary N) is 1. The van der Waals surface area contributed by atoms with Crippen LogP contribution >= 0.6 is 0 Å².